The number of rotatable bonds is 7. The molecule has 0 spiro atoms. The highest BCUT2D eigenvalue weighted by Gasteiger charge is 2.21. The van der Waals surface area contributed by atoms with Crippen LogP contribution < -0.4 is 14.8 Å². The molecule has 0 bridgehead atoms. The Morgan fingerprint density at radius 2 is 1.81 bits per heavy atom. The van der Waals surface area contributed by atoms with Gasteiger partial charge in [-0.2, -0.15) is 0 Å². The molecule has 4 rings (SSSR count). The third kappa shape index (κ3) is 4.24. The Bertz CT molecular complexity index is 1230. The molecule has 1 N–H and O–H groups in total. The quantitative estimate of drug-likeness (QED) is 0.404. The van der Waals surface area contributed by atoms with Gasteiger partial charge in [-0.1, -0.05) is 18.2 Å². The summed E-state index contributed by atoms with van der Waals surface area (Å²) in [6, 6.07) is 14.0. The van der Waals surface area contributed by atoms with E-state index in [1.165, 1.54) is 38.7 Å². The van der Waals surface area contributed by atoms with Crippen LogP contribution in [-0.2, 0) is 11.3 Å². The Kier molecular flexibility index (Phi) is 5.90. The number of fused-ring (bicyclic) bond motifs is 1. The number of ether oxygens (including phenoxy) is 3. The monoisotopic (exact) mass is 437 g/mol. The number of benzene rings is 2. The third-order valence-electron chi connectivity index (χ3n) is 4.66. The molecule has 2 aromatic carbocycles. The molecule has 7 nitrogen and oxygen atoms in total. The molecular formula is C23H19NO6S. The molecule has 4 aromatic rings. The largest absolute Gasteiger partial charge is 0.493 e. The number of amides is 1. The van der Waals surface area contributed by atoms with Crippen molar-refractivity contribution in [3.8, 4) is 11.5 Å². The highest BCUT2D eigenvalue weighted by molar-refractivity contribution is 7.17. The normalized spacial score (nSPS) is 10.6. The van der Waals surface area contributed by atoms with Crippen LogP contribution in [0, 0.1) is 0 Å². The van der Waals surface area contributed by atoms with Crippen molar-refractivity contribution in [2.45, 2.75) is 6.61 Å². The first kappa shape index (κ1) is 20.5. The van der Waals surface area contributed by atoms with E-state index in [0.29, 0.717) is 11.5 Å². The van der Waals surface area contributed by atoms with Crippen molar-refractivity contribution < 1.29 is 28.2 Å². The first-order valence-corrected chi connectivity index (χ1v) is 10.2. The summed E-state index contributed by atoms with van der Waals surface area (Å²) in [7, 11) is 2.93. The number of nitrogens with one attached hydrogen (secondary N) is 1. The minimum atomic E-state index is -0.606. The van der Waals surface area contributed by atoms with Crippen LogP contribution >= 0.6 is 11.3 Å². The summed E-state index contributed by atoms with van der Waals surface area (Å²) in [4.78, 5) is 25.4. The number of esters is 1. The zero-order valence-corrected chi connectivity index (χ0v) is 17.7. The first-order chi connectivity index (χ1) is 15.1. The zero-order chi connectivity index (χ0) is 21.8. The van der Waals surface area contributed by atoms with Gasteiger partial charge in [0.1, 0.15) is 6.61 Å². The van der Waals surface area contributed by atoms with Gasteiger partial charge in [0.15, 0.2) is 17.3 Å². The van der Waals surface area contributed by atoms with Gasteiger partial charge in [-0.25, -0.2) is 4.79 Å². The van der Waals surface area contributed by atoms with Gasteiger partial charge in [-0.15, -0.1) is 11.3 Å². The molecule has 2 aromatic heterocycles. The second-order valence-corrected chi connectivity index (χ2v) is 7.43. The van der Waals surface area contributed by atoms with Crippen LogP contribution in [-0.4, -0.2) is 26.1 Å². The SMILES string of the molecule is COc1cc(NC(=O)c2ccco2)c(C(=O)OCc2csc3ccccc23)cc1OC. The maximum Gasteiger partial charge on any atom is 0.340 e. The second-order valence-electron chi connectivity index (χ2n) is 6.52. The molecule has 0 aliphatic heterocycles. The van der Waals surface area contributed by atoms with Crippen LogP contribution in [0.4, 0.5) is 5.69 Å². The Morgan fingerprint density at radius 1 is 1.03 bits per heavy atom. The van der Waals surface area contributed by atoms with Gasteiger partial charge in [-0.3, -0.25) is 4.79 Å². The molecule has 31 heavy (non-hydrogen) atoms. The minimum Gasteiger partial charge on any atom is -0.493 e. The molecule has 1 amide bonds. The summed E-state index contributed by atoms with van der Waals surface area (Å²) in [6.45, 7) is 0.1000. The van der Waals surface area contributed by atoms with Gasteiger partial charge < -0.3 is 23.9 Å². The molecule has 0 radical (unpaired) electrons. The van der Waals surface area contributed by atoms with E-state index < -0.39 is 11.9 Å². The molecule has 158 valence electrons. The van der Waals surface area contributed by atoms with Crippen LogP contribution in [0.25, 0.3) is 10.1 Å². The van der Waals surface area contributed by atoms with Gasteiger partial charge in [0, 0.05) is 22.4 Å². The van der Waals surface area contributed by atoms with Crippen molar-refractivity contribution in [2.75, 3.05) is 19.5 Å². The maximum atomic E-state index is 12.9. The highest BCUT2D eigenvalue weighted by atomic mass is 32.1. The molecule has 8 heteroatoms. The maximum absolute atomic E-state index is 12.9. The lowest BCUT2D eigenvalue weighted by molar-refractivity contribution is 0.0475. The Labute approximate surface area is 182 Å². The lowest BCUT2D eigenvalue weighted by Gasteiger charge is -2.15. The molecule has 0 aliphatic rings. The standard InChI is InChI=1S/C23H19NO6S/c1-27-19-10-16(17(11-20(19)28-2)24-22(25)18-7-5-9-29-18)23(26)30-12-14-13-31-21-8-4-3-6-15(14)21/h3-11,13H,12H2,1-2H3,(H,24,25). The summed E-state index contributed by atoms with van der Waals surface area (Å²) in [5.74, 6) is -0.302. The summed E-state index contributed by atoms with van der Waals surface area (Å²) in [5, 5.41) is 5.68. The van der Waals surface area contributed by atoms with Crippen molar-refractivity contribution in [3.05, 3.63) is 77.1 Å². The number of hydrogen-bond donors (Lipinski definition) is 1. The number of carbonyl (C=O) groups is 2. The van der Waals surface area contributed by atoms with Crippen molar-refractivity contribution in [1.82, 2.24) is 0 Å². The predicted octanol–water partition coefficient (Wildman–Crippen LogP) is 5.12. The van der Waals surface area contributed by atoms with E-state index in [2.05, 4.69) is 5.32 Å². The first-order valence-electron chi connectivity index (χ1n) is 9.34. The van der Waals surface area contributed by atoms with Crippen LogP contribution in [0.3, 0.4) is 0 Å². The molecule has 0 aliphatic carbocycles. The third-order valence-corrected chi connectivity index (χ3v) is 5.67. The van der Waals surface area contributed by atoms with Crippen molar-refractivity contribution in [1.29, 1.82) is 0 Å². The average molecular weight is 437 g/mol. The van der Waals surface area contributed by atoms with Crippen LogP contribution in [0.1, 0.15) is 26.5 Å². The topological polar surface area (TPSA) is 87.0 Å². The van der Waals surface area contributed by atoms with Crippen LogP contribution in [0.15, 0.2) is 64.6 Å². The average Bonchev–Trinajstić information content (AvgIpc) is 3.47. The number of methoxy groups -OCH3 is 2. The van der Waals surface area contributed by atoms with E-state index in [0.717, 1.165) is 15.6 Å². The summed E-state index contributed by atoms with van der Waals surface area (Å²) in [5.41, 5.74) is 1.27. The lowest BCUT2D eigenvalue weighted by atomic mass is 10.1. The van der Waals surface area contributed by atoms with E-state index in [9.17, 15) is 9.59 Å². The Morgan fingerprint density at radius 3 is 2.55 bits per heavy atom. The van der Waals surface area contributed by atoms with Crippen molar-refractivity contribution in [3.63, 3.8) is 0 Å². The molecule has 0 atom stereocenters. The van der Waals surface area contributed by atoms with Gasteiger partial charge in [0.05, 0.1) is 31.7 Å². The fraction of sp³-hybridized carbons (Fsp3) is 0.130. The zero-order valence-electron chi connectivity index (χ0n) is 16.8. The van der Waals surface area contributed by atoms with Crippen LogP contribution in [0.2, 0.25) is 0 Å². The van der Waals surface area contributed by atoms with Gasteiger partial charge in [-0.05, 0) is 29.0 Å². The number of carbonyl (C=O) groups excluding carboxylic acids is 2. The number of hydrogen-bond acceptors (Lipinski definition) is 7. The molecule has 0 fully saturated rings. The van der Waals surface area contributed by atoms with E-state index in [-0.39, 0.29) is 23.6 Å². The summed E-state index contributed by atoms with van der Waals surface area (Å²) >= 11 is 1.59. The fourth-order valence-corrected chi connectivity index (χ4v) is 4.06. The van der Waals surface area contributed by atoms with E-state index in [1.807, 2.05) is 29.6 Å². The fourth-order valence-electron chi connectivity index (χ4n) is 3.11. The van der Waals surface area contributed by atoms with Crippen LogP contribution in [0.5, 0.6) is 11.5 Å². The van der Waals surface area contributed by atoms with Crippen molar-refractivity contribution >= 4 is 39.0 Å². The number of furan rings is 1. The van der Waals surface area contributed by atoms with Gasteiger partial charge in [0.25, 0.3) is 5.91 Å². The highest BCUT2D eigenvalue weighted by Crippen LogP contribution is 2.34. The smallest absolute Gasteiger partial charge is 0.340 e. The van der Waals surface area contributed by atoms with E-state index >= 15 is 0 Å². The van der Waals surface area contributed by atoms with Crippen molar-refractivity contribution in [2.24, 2.45) is 0 Å². The van der Waals surface area contributed by atoms with E-state index in [1.54, 1.807) is 17.4 Å². The predicted molar refractivity (Wildman–Crippen MR) is 117 cm³/mol. The summed E-state index contributed by atoms with van der Waals surface area (Å²) in [6.07, 6.45) is 1.39. The Balaban J connectivity index is 1.61. The lowest BCUT2D eigenvalue weighted by Crippen LogP contribution is -2.16. The molecule has 2 heterocycles. The molecule has 0 saturated heterocycles. The summed E-state index contributed by atoms with van der Waals surface area (Å²) < 4.78 is 22.4. The number of thiophene rings is 1. The van der Waals surface area contributed by atoms with E-state index in [4.69, 9.17) is 18.6 Å². The second kappa shape index (κ2) is 8.93. The molecule has 0 saturated carbocycles. The molecular weight excluding hydrogens is 418 g/mol. The van der Waals surface area contributed by atoms with Gasteiger partial charge in [0.2, 0.25) is 0 Å². The van der Waals surface area contributed by atoms with Gasteiger partial charge >= 0.3 is 5.97 Å². The molecule has 0 unspecified atom stereocenters. The number of anilines is 1. The minimum absolute atomic E-state index is 0.1000. The Hall–Kier alpha value is -3.78.